The Morgan fingerprint density at radius 3 is 2.25 bits per heavy atom. The molecule has 2 N–H and O–H groups in total. The Balaban J connectivity index is 2.05. The lowest BCUT2D eigenvalue weighted by Gasteiger charge is -2.11. The van der Waals surface area contributed by atoms with Gasteiger partial charge >= 0.3 is 0 Å². The normalized spacial score (nSPS) is 14.7. The van der Waals surface area contributed by atoms with E-state index in [4.69, 9.17) is 34.8 Å². The highest BCUT2D eigenvalue weighted by Gasteiger charge is 2.29. The summed E-state index contributed by atoms with van der Waals surface area (Å²) in [7, 11) is 0. The molecule has 1 aliphatic carbocycles. The first kappa shape index (κ1) is 11.8. The number of hydrogen-bond acceptors (Lipinski definition) is 2. The van der Waals surface area contributed by atoms with Crippen LogP contribution in [0.3, 0.4) is 0 Å². The van der Waals surface area contributed by atoms with E-state index in [1.165, 1.54) is 0 Å². The maximum Gasteiger partial charge on any atom is 0.241 e. The first-order valence-corrected chi connectivity index (χ1v) is 5.91. The highest BCUT2D eigenvalue weighted by atomic mass is 35.5. The van der Waals surface area contributed by atoms with Gasteiger partial charge in [0.15, 0.2) is 0 Å². The second-order valence-corrected chi connectivity index (χ2v) is 4.88. The van der Waals surface area contributed by atoms with Crippen LogP contribution in [-0.2, 0) is 4.79 Å². The number of amides is 1. The van der Waals surface area contributed by atoms with Crippen molar-refractivity contribution in [3.05, 3.63) is 27.2 Å². The molecule has 0 atom stereocenters. The molecule has 1 aliphatic rings. The molecule has 0 saturated heterocycles. The van der Waals surface area contributed by atoms with Crippen LogP contribution in [0.4, 0.5) is 5.69 Å². The van der Waals surface area contributed by atoms with Crippen molar-refractivity contribution in [3.63, 3.8) is 0 Å². The van der Waals surface area contributed by atoms with Crippen molar-refractivity contribution in [3.8, 4) is 0 Å². The number of hydrogen-bond donors (Lipinski definition) is 2. The summed E-state index contributed by atoms with van der Waals surface area (Å²) in [6.45, 7) is 0. The zero-order valence-electron chi connectivity index (χ0n) is 8.19. The fraction of sp³-hybridized carbons (Fsp3) is 0.300. The maximum atomic E-state index is 11.4. The van der Waals surface area contributed by atoms with Gasteiger partial charge in [-0.1, -0.05) is 34.8 Å². The highest BCUT2D eigenvalue weighted by molar-refractivity contribution is 6.41. The molecule has 1 fully saturated rings. The minimum Gasteiger partial charge on any atom is -0.296 e. The number of hydrazine groups is 1. The topological polar surface area (TPSA) is 41.1 Å². The molecule has 86 valence electrons. The zero-order chi connectivity index (χ0) is 11.7. The average molecular weight is 280 g/mol. The molecule has 1 saturated carbocycles. The summed E-state index contributed by atoms with van der Waals surface area (Å²) in [6, 6.07) is 3.11. The van der Waals surface area contributed by atoms with Gasteiger partial charge in [-0.15, -0.1) is 0 Å². The number of anilines is 1. The van der Waals surface area contributed by atoms with Gasteiger partial charge in [0.2, 0.25) is 5.91 Å². The number of halogens is 3. The molecule has 1 amide bonds. The van der Waals surface area contributed by atoms with Gasteiger partial charge in [-0.3, -0.25) is 15.6 Å². The van der Waals surface area contributed by atoms with Gasteiger partial charge in [-0.2, -0.15) is 0 Å². The highest BCUT2D eigenvalue weighted by Crippen LogP contribution is 2.33. The first-order valence-electron chi connectivity index (χ1n) is 4.78. The Kier molecular flexibility index (Phi) is 3.47. The Hall–Kier alpha value is -0.640. The third-order valence-electron chi connectivity index (χ3n) is 2.27. The van der Waals surface area contributed by atoms with E-state index < -0.39 is 0 Å². The van der Waals surface area contributed by atoms with E-state index in [2.05, 4.69) is 10.9 Å². The minimum absolute atomic E-state index is 0.0397. The second kappa shape index (κ2) is 4.70. The summed E-state index contributed by atoms with van der Waals surface area (Å²) in [5.74, 6) is 0.0828. The van der Waals surface area contributed by atoms with Crippen molar-refractivity contribution in [2.45, 2.75) is 12.8 Å². The smallest absolute Gasteiger partial charge is 0.241 e. The summed E-state index contributed by atoms with van der Waals surface area (Å²) >= 11 is 17.6. The van der Waals surface area contributed by atoms with Crippen molar-refractivity contribution in [2.24, 2.45) is 5.92 Å². The Morgan fingerprint density at radius 2 is 1.75 bits per heavy atom. The molecule has 0 heterocycles. The molecule has 3 nitrogen and oxygen atoms in total. The van der Waals surface area contributed by atoms with Crippen molar-refractivity contribution in [1.82, 2.24) is 5.43 Å². The number of carbonyl (C=O) groups excluding carboxylic acids is 1. The molecule has 0 unspecified atom stereocenters. The quantitative estimate of drug-likeness (QED) is 0.832. The molecular weight excluding hydrogens is 270 g/mol. The molecule has 1 aromatic carbocycles. The van der Waals surface area contributed by atoms with Crippen LogP contribution in [-0.4, -0.2) is 5.91 Å². The molecule has 16 heavy (non-hydrogen) atoms. The van der Waals surface area contributed by atoms with Crippen molar-refractivity contribution in [2.75, 3.05) is 5.43 Å². The van der Waals surface area contributed by atoms with Crippen LogP contribution in [0.5, 0.6) is 0 Å². The molecule has 0 bridgehead atoms. The van der Waals surface area contributed by atoms with Gasteiger partial charge in [-0.05, 0) is 25.0 Å². The summed E-state index contributed by atoms with van der Waals surface area (Å²) in [4.78, 5) is 11.4. The molecule has 0 radical (unpaired) electrons. The SMILES string of the molecule is O=C(NNc1c(Cl)cc(Cl)cc1Cl)C1CC1. The third kappa shape index (κ3) is 2.73. The summed E-state index contributed by atoms with van der Waals surface area (Å²) in [5, 5.41) is 1.19. The number of carbonyl (C=O) groups is 1. The van der Waals surface area contributed by atoms with Gasteiger partial charge in [0.1, 0.15) is 0 Å². The largest absolute Gasteiger partial charge is 0.296 e. The van der Waals surface area contributed by atoms with E-state index in [0.29, 0.717) is 20.8 Å². The zero-order valence-corrected chi connectivity index (χ0v) is 10.5. The lowest BCUT2D eigenvalue weighted by atomic mass is 10.3. The van der Waals surface area contributed by atoms with Gasteiger partial charge in [0, 0.05) is 10.9 Å². The van der Waals surface area contributed by atoms with Crippen LogP contribution in [0.15, 0.2) is 12.1 Å². The predicted octanol–water partition coefficient (Wildman–Crippen LogP) is 3.50. The van der Waals surface area contributed by atoms with Crippen molar-refractivity contribution < 1.29 is 4.79 Å². The number of nitrogens with one attached hydrogen (secondary N) is 2. The van der Waals surface area contributed by atoms with E-state index in [1.54, 1.807) is 12.1 Å². The molecule has 2 rings (SSSR count). The van der Waals surface area contributed by atoms with Gasteiger partial charge in [-0.25, -0.2) is 0 Å². The van der Waals surface area contributed by atoms with E-state index in [9.17, 15) is 4.79 Å². The van der Waals surface area contributed by atoms with Crippen molar-refractivity contribution >= 4 is 46.4 Å². The summed E-state index contributed by atoms with van der Waals surface area (Å²) in [5.41, 5.74) is 5.73. The van der Waals surface area contributed by atoms with Crippen LogP contribution in [0.2, 0.25) is 15.1 Å². The van der Waals surface area contributed by atoms with E-state index in [-0.39, 0.29) is 11.8 Å². The lowest BCUT2D eigenvalue weighted by molar-refractivity contribution is -0.121. The Labute approximate surface area is 108 Å². The van der Waals surface area contributed by atoms with E-state index in [0.717, 1.165) is 12.8 Å². The Morgan fingerprint density at radius 1 is 1.19 bits per heavy atom. The van der Waals surface area contributed by atoms with Crippen LogP contribution in [0.1, 0.15) is 12.8 Å². The fourth-order valence-corrected chi connectivity index (χ4v) is 2.14. The number of rotatable bonds is 3. The molecule has 0 spiro atoms. The van der Waals surface area contributed by atoms with E-state index in [1.807, 2.05) is 0 Å². The molecule has 6 heteroatoms. The lowest BCUT2D eigenvalue weighted by Crippen LogP contribution is -2.30. The van der Waals surface area contributed by atoms with Crippen LogP contribution in [0.25, 0.3) is 0 Å². The van der Waals surface area contributed by atoms with Gasteiger partial charge < -0.3 is 0 Å². The number of benzene rings is 1. The standard InChI is InChI=1S/C10H9Cl3N2O/c11-6-3-7(12)9(8(13)4-6)14-15-10(16)5-1-2-5/h3-5,14H,1-2H2,(H,15,16). The summed E-state index contributed by atoms with van der Waals surface area (Å²) in [6.07, 6.45) is 1.88. The van der Waals surface area contributed by atoms with Crippen LogP contribution >= 0.6 is 34.8 Å². The Bertz CT molecular complexity index is 409. The third-order valence-corrected chi connectivity index (χ3v) is 3.08. The van der Waals surface area contributed by atoms with Gasteiger partial charge in [0.05, 0.1) is 15.7 Å². The van der Waals surface area contributed by atoms with Crippen molar-refractivity contribution in [1.29, 1.82) is 0 Å². The minimum atomic E-state index is -0.0397. The molecule has 0 aromatic heterocycles. The predicted molar refractivity (Wildman–Crippen MR) is 66.0 cm³/mol. The van der Waals surface area contributed by atoms with E-state index >= 15 is 0 Å². The maximum absolute atomic E-state index is 11.4. The summed E-state index contributed by atoms with van der Waals surface area (Å²) < 4.78 is 0. The molecule has 1 aromatic rings. The van der Waals surface area contributed by atoms with Gasteiger partial charge in [0.25, 0.3) is 0 Å². The first-order chi connectivity index (χ1) is 7.58. The fourth-order valence-electron chi connectivity index (χ4n) is 1.23. The molecular formula is C10H9Cl3N2O. The monoisotopic (exact) mass is 278 g/mol. The molecule has 0 aliphatic heterocycles. The average Bonchev–Trinajstić information content (AvgIpc) is 2.98. The van der Waals surface area contributed by atoms with Crippen LogP contribution < -0.4 is 10.9 Å². The van der Waals surface area contributed by atoms with Crippen LogP contribution in [0, 0.1) is 5.92 Å². The second-order valence-electron chi connectivity index (χ2n) is 3.63.